The Bertz CT molecular complexity index is 980. The highest BCUT2D eigenvalue weighted by atomic mass is 35.5. The lowest BCUT2D eigenvalue weighted by Crippen LogP contribution is -2.46. The molecule has 2 atom stereocenters. The Balaban J connectivity index is 1.43. The van der Waals surface area contributed by atoms with E-state index in [-0.39, 0.29) is 18.0 Å². The number of phenols is 1. The van der Waals surface area contributed by atoms with Gasteiger partial charge in [0.2, 0.25) is 0 Å². The molecule has 3 aromatic rings. The number of morpholine rings is 1. The van der Waals surface area contributed by atoms with E-state index < -0.39 is 0 Å². The molecular formula is C23H26ClN3O3. The smallest absolute Gasteiger partial charge is 0.128 e. The summed E-state index contributed by atoms with van der Waals surface area (Å²) >= 11 is 5.99. The molecule has 0 amide bonds. The van der Waals surface area contributed by atoms with Gasteiger partial charge in [0.25, 0.3) is 0 Å². The molecule has 2 heterocycles. The molecule has 0 bridgehead atoms. The quantitative estimate of drug-likeness (QED) is 0.602. The number of halogens is 1. The van der Waals surface area contributed by atoms with E-state index in [0.717, 1.165) is 36.5 Å². The lowest BCUT2D eigenvalue weighted by molar-refractivity contribution is -0.0699. The van der Waals surface area contributed by atoms with Crippen LogP contribution in [0.3, 0.4) is 0 Å². The number of phenolic OH excluding ortho intramolecular Hbond substituents is 1. The van der Waals surface area contributed by atoms with E-state index >= 15 is 0 Å². The number of aromatic amines is 1. The van der Waals surface area contributed by atoms with E-state index in [4.69, 9.17) is 21.1 Å². The molecule has 7 heteroatoms. The van der Waals surface area contributed by atoms with Gasteiger partial charge in [0.1, 0.15) is 18.1 Å². The Morgan fingerprint density at radius 1 is 1.13 bits per heavy atom. The summed E-state index contributed by atoms with van der Waals surface area (Å²) in [6.07, 6.45) is 2.22. The minimum absolute atomic E-state index is 0.139. The van der Waals surface area contributed by atoms with Gasteiger partial charge in [-0.25, -0.2) is 0 Å². The van der Waals surface area contributed by atoms with Crippen molar-refractivity contribution < 1.29 is 14.6 Å². The van der Waals surface area contributed by atoms with Crippen LogP contribution in [0.5, 0.6) is 11.5 Å². The molecule has 0 radical (unpaired) electrons. The average Bonchev–Trinajstić information content (AvgIpc) is 3.17. The number of aromatic hydroxyl groups is 1. The second-order valence-electron chi connectivity index (χ2n) is 7.71. The highest BCUT2D eigenvalue weighted by Gasteiger charge is 2.21. The van der Waals surface area contributed by atoms with Crippen LogP contribution < -0.4 is 4.74 Å². The summed E-state index contributed by atoms with van der Waals surface area (Å²) in [6.45, 7) is 7.37. The third-order valence-corrected chi connectivity index (χ3v) is 5.46. The van der Waals surface area contributed by atoms with Crippen LogP contribution in [0, 0.1) is 0 Å². The summed E-state index contributed by atoms with van der Waals surface area (Å²) in [5.41, 5.74) is 3.28. The van der Waals surface area contributed by atoms with Gasteiger partial charge in [-0.2, -0.15) is 5.10 Å². The van der Waals surface area contributed by atoms with Crippen LogP contribution in [0.4, 0.5) is 0 Å². The molecule has 2 N–H and O–H groups in total. The fraction of sp³-hybridized carbons (Fsp3) is 0.348. The predicted octanol–water partition coefficient (Wildman–Crippen LogP) is 4.59. The van der Waals surface area contributed by atoms with Gasteiger partial charge < -0.3 is 14.6 Å². The van der Waals surface area contributed by atoms with Crippen LogP contribution in [-0.2, 0) is 4.74 Å². The highest BCUT2D eigenvalue weighted by Crippen LogP contribution is 2.37. The number of aromatic nitrogens is 2. The lowest BCUT2D eigenvalue weighted by atomic mass is 10.0. The Morgan fingerprint density at radius 2 is 1.87 bits per heavy atom. The molecule has 0 saturated carbocycles. The van der Waals surface area contributed by atoms with Gasteiger partial charge in [0, 0.05) is 41.9 Å². The number of nitrogens with one attached hydrogen (secondary N) is 1. The predicted molar refractivity (Wildman–Crippen MR) is 118 cm³/mol. The monoisotopic (exact) mass is 427 g/mol. The molecule has 1 aliphatic rings. The SMILES string of the molecule is C[C@H]1CN(CCOc2ccc(-c3[nH]ncc3-c3ccc(Cl)cc3)c(O)c2)C[C@H](C)O1. The van der Waals surface area contributed by atoms with Gasteiger partial charge >= 0.3 is 0 Å². The second kappa shape index (κ2) is 9.08. The zero-order chi connectivity index (χ0) is 21.1. The number of ether oxygens (including phenoxy) is 2. The molecule has 1 saturated heterocycles. The zero-order valence-electron chi connectivity index (χ0n) is 17.1. The second-order valence-corrected chi connectivity index (χ2v) is 8.15. The van der Waals surface area contributed by atoms with Crippen LogP contribution in [-0.4, -0.2) is 58.7 Å². The normalized spacial score (nSPS) is 19.7. The number of H-pyrrole nitrogens is 1. The van der Waals surface area contributed by atoms with Crippen LogP contribution in [0.1, 0.15) is 13.8 Å². The standard InChI is InChI=1S/C23H26ClN3O3/c1-15-13-27(14-16(2)30-15)9-10-29-19-7-8-20(22(28)11-19)23-21(12-25-26-23)17-3-5-18(24)6-4-17/h3-8,11-12,15-16,28H,9-10,13-14H2,1-2H3,(H,25,26)/t15-,16-/m0/s1. The molecule has 6 nitrogen and oxygen atoms in total. The van der Waals surface area contributed by atoms with E-state index in [1.165, 1.54) is 0 Å². The number of rotatable bonds is 6. The molecule has 0 spiro atoms. The Morgan fingerprint density at radius 3 is 2.57 bits per heavy atom. The van der Waals surface area contributed by atoms with Crippen molar-refractivity contribution in [2.24, 2.45) is 0 Å². The maximum Gasteiger partial charge on any atom is 0.128 e. The van der Waals surface area contributed by atoms with Crippen LogP contribution in [0.15, 0.2) is 48.7 Å². The fourth-order valence-electron chi connectivity index (χ4n) is 3.91. The first kappa shape index (κ1) is 20.7. The van der Waals surface area contributed by atoms with Gasteiger partial charge in [-0.3, -0.25) is 10.00 Å². The topological polar surface area (TPSA) is 70.6 Å². The summed E-state index contributed by atoms with van der Waals surface area (Å²) in [7, 11) is 0. The number of nitrogens with zero attached hydrogens (tertiary/aromatic N) is 2. The molecular weight excluding hydrogens is 402 g/mol. The lowest BCUT2D eigenvalue weighted by Gasteiger charge is -2.35. The third-order valence-electron chi connectivity index (χ3n) is 5.20. The largest absolute Gasteiger partial charge is 0.507 e. The van der Waals surface area contributed by atoms with E-state index in [1.54, 1.807) is 12.3 Å². The Hall–Kier alpha value is -2.54. The van der Waals surface area contributed by atoms with Crippen molar-refractivity contribution in [3.8, 4) is 33.9 Å². The Kier molecular flexibility index (Phi) is 6.27. The van der Waals surface area contributed by atoms with Crippen molar-refractivity contribution in [1.82, 2.24) is 15.1 Å². The molecule has 1 fully saturated rings. The summed E-state index contributed by atoms with van der Waals surface area (Å²) in [5, 5.41) is 18.4. The average molecular weight is 428 g/mol. The minimum Gasteiger partial charge on any atom is -0.507 e. The summed E-state index contributed by atoms with van der Waals surface area (Å²) in [5.74, 6) is 0.777. The molecule has 1 aliphatic heterocycles. The number of benzene rings is 2. The molecule has 2 aromatic carbocycles. The Labute approximate surface area is 181 Å². The van der Waals surface area contributed by atoms with Crippen molar-refractivity contribution in [2.75, 3.05) is 26.2 Å². The first-order chi connectivity index (χ1) is 14.5. The third kappa shape index (κ3) is 4.78. The van der Waals surface area contributed by atoms with E-state index in [9.17, 15) is 5.11 Å². The van der Waals surface area contributed by atoms with E-state index in [2.05, 4.69) is 28.9 Å². The van der Waals surface area contributed by atoms with Crippen LogP contribution in [0.2, 0.25) is 5.02 Å². The fourth-order valence-corrected chi connectivity index (χ4v) is 4.04. The maximum absolute atomic E-state index is 10.6. The van der Waals surface area contributed by atoms with E-state index in [1.807, 2.05) is 36.4 Å². The summed E-state index contributed by atoms with van der Waals surface area (Å²) < 4.78 is 11.6. The molecule has 30 heavy (non-hydrogen) atoms. The zero-order valence-corrected chi connectivity index (χ0v) is 17.9. The molecule has 158 valence electrons. The van der Waals surface area contributed by atoms with Gasteiger partial charge in [-0.1, -0.05) is 23.7 Å². The van der Waals surface area contributed by atoms with Gasteiger partial charge in [0.05, 0.1) is 24.1 Å². The molecule has 4 rings (SSSR count). The number of hydrogen-bond donors (Lipinski definition) is 2. The van der Waals surface area contributed by atoms with Crippen LogP contribution in [0.25, 0.3) is 22.4 Å². The first-order valence-electron chi connectivity index (χ1n) is 10.1. The summed E-state index contributed by atoms with van der Waals surface area (Å²) in [4.78, 5) is 2.34. The van der Waals surface area contributed by atoms with E-state index in [0.29, 0.717) is 22.9 Å². The molecule has 1 aromatic heterocycles. The van der Waals surface area contributed by atoms with Gasteiger partial charge in [-0.15, -0.1) is 0 Å². The molecule has 0 unspecified atom stereocenters. The van der Waals surface area contributed by atoms with Gasteiger partial charge in [0.15, 0.2) is 0 Å². The van der Waals surface area contributed by atoms with Crippen molar-refractivity contribution in [2.45, 2.75) is 26.1 Å². The minimum atomic E-state index is 0.139. The number of hydrogen-bond acceptors (Lipinski definition) is 5. The van der Waals surface area contributed by atoms with Crippen LogP contribution >= 0.6 is 11.6 Å². The van der Waals surface area contributed by atoms with Crippen molar-refractivity contribution in [1.29, 1.82) is 0 Å². The van der Waals surface area contributed by atoms with Crippen molar-refractivity contribution in [3.05, 3.63) is 53.7 Å². The first-order valence-corrected chi connectivity index (χ1v) is 10.5. The highest BCUT2D eigenvalue weighted by molar-refractivity contribution is 6.30. The molecule has 0 aliphatic carbocycles. The van der Waals surface area contributed by atoms with Gasteiger partial charge in [-0.05, 0) is 43.7 Å². The van der Waals surface area contributed by atoms with Crippen molar-refractivity contribution >= 4 is 11.6 Å². The van der Waals surface area contributed by atoms with Crippen molar-refractivity contribution in [3.63, 3.8) is 0 Å². The maximum atomic E-state index is 10.6. The summed E-state index contributed by atoms with van der Waals surface area (Å²) in [6, 6.07) is 12.9.